The lowest BCUT2D eigenvalue weighted by molar-refractivity contribution is -0.132. The second-order valence-electron chi connectivity index (χ2n) is 7.06. The number of morpholine rings is 1. The van der Waals surface area contributed by atoms with Gasteiger partial charge in [-0.05, 0) is 31.4 Å². The third-order valence-electron chi connectivity index (χ3n) is 5.09. The Hall–Kier alpha value is -1.10. The Balaban J connectivity index is 1.47. The third kappa shape index (κ3) is 4.46. The van der Waals surface area contributed by atoms with Gasteiger partial charge in [0.05, 0.1) is 12.2 Å². The van der Waals surface area contributed by atoms with E-state index in [1.165, 1.54) is 32.1 Å². The zero-order valence-corrected chi connectivity index (χ0v) is 14.2. The molecule has 0 bridgehead atoms. The van der Waals surface area contributed by atoms with E-state index in [0.29, 0.717) is 13.2 Å². The molecule has 1 atom stereocenters. The van der Waals surface area contributed by atoms with Crippen molar-refractivity contribution in [2.75, 3.05) is 32.8 Å². The number of aryl methyl sites for hydroxylation is 1. The summed E-state index contributed by atoms with van der Waals surface area (Å²) in [5.41, 5.74) is 1.15. The van der Waals surface area contributed by atoms with Gasteiger partial charge in [0.15, 0.2) is 0 Å². The molecule has 0 aromatic heterocycles. The highest BCUT2D eigenvalue weighted by molar-refractivity contribution is 5.31. The van der Waals surface area contributed by atoms with Gasteiger partial charge in [-0.2, -0.15) is 0 Å². The largest absolute Gasteiger partial charge is 0.491 e. The second-order valence-corrected chi connectivity index (χ2v) is 7.06. The number of hydrogen-bond donors (Lipinski definition) is 1. The molecule has 1 unspecified atom stereocenters. The molecule has 4 nitrogen and oxygen atoms in total. The number of aliphatic hydroxyl groups excluding tert-OH is 1. The summed E-state index contributed by atoms with van der Waals surface area (Å²) in [6.45, 7) is 5.67. The summed E-state index contributed by atoms with van der Waals surface area (Å²) in [7, 11) is 0. The first-order valence-electron chi connectivity index (χ1n) is 8.90. The van der Waals surface area contributed by atoms with Gasteiger partial charge in [0.25, 0.3) is 0 Å². The van der Waals surface area contributed by atoms with E-state index in [4.69, 9.17) is 9.47 Å². The molecule has 1 heterocycles. The van der Waals surface area contributed by atoms with Crippen molar-refractivity contribution in [1.29, 1.82) is 0 Å². The minimum atomic E-state index is -0.464. The maximum absolute atomic E-state index is 10.3. The SMILES string of the molecule is Cc1ccccc1OCC(O)CN1CCOC2(CCCCC2)C1. The Morgan fingerprint density at radius 1 is 1.26 bits per heavy atom. The first-order chi connectivity index (χ1) is 11.2. The summed E-state index contributed by atoms with van der Waals surface area (Å²) < 4.78 is 11.9. The highest BCUT2D eigenvalue weighted by Gasteiger charge is 2.37. The molecule has 1 spiro atoms. The van der Waals surface area contributed by atoms with Crippen LogP contribution in [-0.2, 0) is 4.74 Å². The first kappa shape index (κ1) is 16.7. The number of β-amino-alcohol motifs (C(OH)–C–C–N with tert-alkyl or cyclic N) is 1. The van der Waals surface area contributed by atoms with E-state index in [2.05, 4.69) is 4.90 Å². The zero-order chi connectivity index (χ0) is 16.1. The Labute approximate surface area is 139 Å². The van der Waals surface area contributed by atoms with Crippen LogP contribution >= 0.6 is 0 Å². The number of para-hydroxylation sites is 1. The van der Waals surface area contributed by atoms with Crippen LogP contribution in [0.1, 0.15) is 37.7 Å². The second kappa shape index (κ2) is 7.65. The van der Waals surface area contributed by atoms with Crippen LogP contribution in [0.4, 0.5) is 0 Å². The number of aliphatic hydroxyl groups is 1. The summed E-state index contributed by atoms with van der Waals surface area (Å²) in [5.74, 6) is 0.859. The van der Waals surface area contributed by atoms with Crippen LogP contribution in [0.2, 0.25) is 0 Å². The molecule has 1 saturated heterocycles. The molecule has 2 aliphatic rings. The van der Waals surface area contributed by atoms with E-state index < -0.39 is 6.10 Å². The number of ether oxygens (including phenoxy) is 2. The molecule has 23 heavy (non-hydrogen) atoms. The fourth-order valence-corrected chi connectivity index (χ4v) is 3.83. The van der Waals surface area contributed by atoms with E-state index in [1.54, 1.807) is 0 Å². The van der Waals surface area contributed by atoms with Gasteiger partial charge in [0, 0.05) is 19.6 Å². The molecule has 1 aromatic rings. The number of benzene rings is 1. The first-order valence-corrected chi connectivity index (χ1v) is 8.90. The molecule has 4 heteroatoms. The van der Waals surface area contributed by atoms with Gasteiger partial charge in [-0.15, -0.1) is 0 Å². The van der Waals surface area contributed by atoms with Gasteiger partial charge in [-0.3, -0.25) is 4.90 Å². The van der Waals surface area contributed by atoms with Gasteiger partial charge in [-0.25, -0.2) is 0 Å². The standard InChI is InChI=1S/C19H29NO3/c1-16-7-3-4-8-18(16)22-14-17(21)13-20-11-12-23-19(15-20)9-5-2-6-10-19/h3-4,7-8,17,21H,2,5-6,9-15H2,1H3. The summed E-state index contributed by atoms with van der Waals surface area (Å²) in [6.07, 6.45) is 5.74. The zero-order valence-electron chi connectivity index (χ0n) is 14.2. The number of nitrogens with zero attached hydrogens (tertiary/aromatic N) is 1. The molecule has 0 amide bonds. The quantitative estimate of drug-likeness (QED) is 0.906. The number of hydrogen-bond acceptors (Lipinski definition) is 4. The van der Waals surface area contributed by atoms with Gasteiger partial charge in [0.1, 0.15) is 18.5 Å². The van der Waals surface area contributed by atoms with Crippen molar-refractivity contribution in [1.82, 2.24) is 4.90 Å². The van der Waals surface area contributed by atoms with Crippen LogP contribution in [0.3, 0.4) is 0 Å². The molecule has 3 rings (SSSR count). The number of rotatable bonds is 5. The molecule has 1 N–H and O–H groups in total. The molecule has 128 valence electrons. The maximum Gasteiger partial charge on any atom is 0.122 e. The lowest BCUT2D eigenvalue weighted by atomic mass is 9.83. The van der Waals surface area contributed by atoms with Crippen molar-refractivity contribution in [3.05, 3.63) is 29.8 Å². The Morgan fingerprint density at radius 2 is 2.04 bits per heavy atom. The van der Waals surface area contributed by atoms with Gasteiger partial charge in [-0.1, -0.05) is 37.5 Å². The summed E-state index contributed by atoms with van der Waals surface area (Å²) in [5, 5.41) is 10.3. The van der Waals surface area contributed by atoms with Crippen molar-refractivity contribution in [2.45, 2.75) is 50.7 Å². The van der Waals surface area contributed by atoms with E-state index in [9.17, 15) is 5.11 Å². The van der Waals surface area contributed by atoms with E-state index >= 15 is 0 Å². The van der Waals surface area contributed by atoms with Crippen LogP contribution in [0, 0.1) is 6.92 Å². The van der Waals surface area contributed by atoms with Crippen LogP contribution in [0.5, 0.6) is 5.75 Å². The summed E-state index contributed by atoms with van der Waals surface area (Å²) >= 11 is 0. The molecule has 0 radical (unpaired) electrons. The molecule has 1 aliphatic carbocycles. The smallest absolute Gasteiger partial charge is 0.122 e. The predicted octanol–water partition coefficient (Wildman–Crippen LogP) is 2.77. The normalized spacial score (nSPS) is 22.9. The molecule has 2 fully saturated rings. The lowest BCUT2D eigenvalue weighted by Gasteiger charge is -2.45. The highest BCUT2D eigenvalue weighted by atomic mass is 16.5. The van der Waals surface area contributed by atoms with Gasteiger partial charge >= 0.3 is 0 Å². The molecular weight excluding hydrogens is 290 g/mol. The fourth-order valence-electron chi connectivity index (χ4n) is 3.83. The van der Waals surface area contributed by atoms with Gasteiger partial charge < -0.3 is 14.6 Å². The Morgan fingerprint density at radius 3 is 2.83 bits per heavy atom. The van der Waals surface area contributed by atoms with Crippen molar-refractivity contribution < 1.29 is 14.6 Å². The van der Waals surface area contributed by atoms with Gasteiger partial charge in [0.2, 0.25) is 0 Å². The van der Waals surface area contributed by atoms with Crippen molar-refractivity contribution in [3.63, 3.8) is 0 Å². The molecular formula is C19H29NO3. The van der Waals surface area contributed by atoms with E-state index in [-0.39, 0.29) is 5.60 Å². The molecule has 1 aliphatic heterocycles. The Bertz CT molecular complexity index is 494. The molecule has 1 aromatic carbocycles. The lowest BCUT2D eigenvalue weighted by Crippen LogP contribution is -2.54. The predicted molar refractivity (Wildman–Crippen MR) is 90.9 cm³/mol. The Kier molecular flexibility index (Phi) is 5.57. The van der Waals surface area contributed by atoms with Crippen LogP contribution in [-0.4, -0.2) is 54.6 Å². The van der Waals surface area contributed by atoms with Crippen LogP contribution < -0.4 is 4.74 Å². The third-order valence-corrected chi connectivity index (χ3v) is 5.09. The monoisotopic (exact) mass is 319 g/mol. The van der Waals surface area contributed by atoms with Crippen LogP contribution in [0.15, 0.2) is 24.3 Å². The topological polar surface area (TPSA) is 41.9 Å². The minimum absolute atomic E-state index is 0.0487. The van der Waals surface area contributed by atoms with E-state index in [1.807, 2.05) is 31.2 Å². The molecule has 1 saturated carbocycles. The minimum Gasteiger partial charge on any atom is -0.491 e. The maximum atomic E-state index is 10.3. The fraction of sp³-hybridized carbons (Fsp3) is 0.684. The van der Waals surface area contributed by atoms with E-state index in [0.717, 1.165) is 31.0 Å². The summed E-state index contributed by atoms with van der Waals surface area (Å²) in [4.78, 5) is 2.35. The van der Waals surface area contributed by atoms with Crippen molar-refractivity contribution in [2.24, 2.45) is 0 Å². The average Bonchev–Trinajstić information content (AvgIpc) is 2.55. The summed E-state index contributed by atoms with van der Waals surface area (Å²) in [6, 6.07) is 7.93. The average molecular weight is 319 g/mol. The van der Waals surface area contributed by atoms with Crippen molar-refractivity contribution >= 4 is 0 Å². The van der Waals surface area contributed by atoms with Crippen molar-refractivity contribution in [3.8, 4) is 5.75 Å². The van der Waals surface area contributed by atoms with Crippen LogP contribution in [0.25, 0.3) is 0 Å². The highest BCUT2D eigenvalue weighted by Crippen LogP contribution is 2.34.